The van der Waals surface area contributed by atoms with Crippen molar-refractivity contribution in [1.29, 1.82) is 0 Å². The van der Waals surface area contributed by atoms with Crippen LogP contribution in [0.4, 0.5) is 4.79 Å². The third-order valence-corrected chi connectivity index (χ3v) is 5.72. The summed E-state index contributed by atoms with van der Waals surface area (Å²) in [5, 5.41) is 3.55. The molecule has 1 saturated carbocycles. The van der Waals surface area contributed by atoms with Crippen molar-refractivity contribution in [3.63, 3.8) is 0 Å². The van der Waals surface area contributed by atoms with E-state index in [-0.39, 0.29) is 29.6 Å². The number of rotatable bonds is 4. The van der Waals surface area contributed by atoms with Crippen LogP contribution in [0.2, 0.25) is 5.02 Å². The molecule has 3 fully saturated rings. The normalized spacial score (nSPS) is 26.6. The lowest BCUT2D eigenvalue weighted by Crippen LogP contribution is -2.71. The molecule has 1 aromatic carbocycles. The van der Waals surface area contributed by atoms with Gasteiger partial charge >= 0.3 is 6.09 Å². The molecule has 2 aliphatic heterocycles. The zero-order valence-electron chi connectivity index (χ0n) is 14.1. The number of nitrogens with zero attached hydrogens (tertiary/aromatic N) is 1. The number of benzene rings is 1. The molecule has 25 heavy (non-hydrogen) atoms. The Bertz CT molecular complexity index is 711. The second-order valence-corrected chi connectivity index (χ2v) is 7.77. The summed E-state index contributed by atoms with van der Waals surface area (Å²) in [6, 6.07) is 5.88. The lowest BCUT2D eigenvalue weighted by Gasteiger charge is -2.48. The van der Waals surface area contributed by atoms with Crippen LogP contribution in [0.3, 0.4) is 0 Å². The summed E-state index contributed by atoms with van der Waals surface area (Å²) in [6.45, 7) is 3.96. The first-order valence-electron chi connectivity index (χ1n) is 8.54. The maximum atomic E-state index is 12.4. The summed E-state index contributed by atoms with van der Waals surface area (Å²) in [7, 11) is 0. The molecule has 1 aromatic rings. The van der Waals surface area contributed by atoms with Gasteiger partial charge in [0, 0.05) is 24.0 Å². The number of alkyl carbamates (subject to hydrolysis) is 1. The topological polar surface area (TPSA) is 67.9 Å². The van der Waals surface area contributed by atoms with Crippen molar-refractivity contribution in [2.24, 2.45) is 5.92 Å². The van der Waals surface area contributed by atoms with Gasteiger partial charge in [-0.1, -0.05) is 23.7 Å². The van der Waals surface area contributed by atoms with Gasteiger partial charge in [0.05, 0.1) is 12.7 Å². The molecule has 2 amide bonds. The summed E-state index contributed by atoms with van der Waals surface area (Å²) in [4.78, 5) is 25.4. The fourth-order valence-corrected chi connectivity index (χ4v) is 3.79. The second-order valence-electron chi connectivity index (χ2n) is 7.36. The smallest absolute Gasteiger partial charge is 0.407 e. The van der Waals surface area contributed by atoms with Crippen LogP contribution in [-0.4, -0.2) is 48.2 Å². The summed E-state index contributed by atoms with van der Waals surface area (Å²) in [6.07, 6.45) is 1.27. The average molecular weight is 365 g/mol. The standard InChI is InChI=1S/C18H21ClN2O4/c1-11-4-12(2-3-15(11)19)7-24-14-5-13(6-14)16(22)21-8-18(9-21)10-25-17(23)20-18/h2-4,13-14H,5-10H2,1H3,(H,20,23)/t13-,14+. The van der Waals surface area contributed by atoms with E-state index < -0.39 is 0 Å². The number of nitrogens with one attached hydrogen (secondary N) is 1. The number of amides is 2. The lowest BCUT2D eigenvalue weighted by atomic mass is 9.79. The fourth-order valence-electron chi connectivity index (χ4n) is 3.68. The molecule has 4 rings (SSSR count). The molecule has 3 aliphatic rings. The predicted octanol–water partition coefficient (Wildman–Crippen LogP) is 2.26. The SMILES string of the molecule is Cc1cc(CO[C@H]2C[C@@H](C(=O)N3CC4(COC(=O)N4)C3)C2)ccc1Cl. The molecular formula is C18H21ClN2O4. The Morgan fingerprint density at radius 1 is 1.44 bits per heavy atom. The zero-order chi connectivity index (χ0) is 17.6. The van der Waals surface area contributed by atoms with Crippen molar-refractivity contribution >= 4 is 23.6 Å². The highest BCUT2D eigenvalue weighted by atomic mass is 35.5. The minimum Gasteiger partial charge on any atom is -0.447 e. The molecule has 1 aliphatic carbocycles. The number of hydrogen-bond donors (Lipinski definition) is 1. The Labute approximate surface area is 151 Å². The molecule has 0 aromatic heterocycles. The molecule has 2 saturated heterocycles. The van der Waals surface area contributed by atoms with Gasteiger partial charge in [-0.2, -0.15) is 0 Å². The summed E-state index contributed by atoms with van der Waals surface area (Å²) in [5.74, 6) is 0.196. The molecular weight excluding hydrogens is 344 g/mol. The van der Waals surface area contributed by atoms with Crippen LogP contribution in [0.5, 0.6) is 0 Å². The molecule has 0 bridgehead atoms. The van der Waals surface area contributed by atoms with Crippen molar-refractivity contribution < 1.29 is 19.1 Å². The number of carbonyl (C=O) groups is 2. The van der Waals surface area contributed by atoms with Gasteiger partial charge in [-0.05, 0) is 37.0 Å². The van der Waals surface area contributed by atoms with Gasteiger partial charge in [-0.25, -0.2) is 4.79 Å². The monoisotopic (exact) mass is 364 g/mol. The Morgan fingerprint density at radius 2 is 2.20 bits per heavy atom. The fraction of sp³-hybridized carbons (Fsp3) is 0.556. The molecule has 0 unspecified atom stereocenters. The van der Waals surface area contributed by atoms with Crippen LogP contribution in [0.1, 0.15) is 24.0 Å². The van der Waals surface area contributed by atoms with E-state index in [1.165, 1.54) is 0 Å². The number of cyclic esters (lactones) is 1. The molecule has 2 heterocycles. The minimum atomic E-state index is -0.387. The highest BCUT2D eigenvalue weighted by molar-refractivity contribution is 6.31. The lowest BCUT2D eigenvalue weighted by molar-refractivity contribution is -0.153. The van der Waals surface area contributed by atoms with Crippen LogP contribution in [0, 0.1) is 12.8 Å². The molecule has 0 atom stereocenters. The Morgan fingerprint density at radius 3 is 2.84 bits per heavy atom. The maximum absolute atomic E-state index is 12.4. The molecule has 0 radical (unpaired) electrons. The highest BCUT2D eigenvalue weighted by Gasteiger charge is 2.53. The second kappa shape index (κ2) is 6.18. The van der Waals surface area contributed by atoms with Crippen LogP contribution in [0.25, 0.3) is 0 Å². The van der Waals surface area contributed by atoms with Gasteiger partial charge in [0.15, 0.2) is 0 Å². The first-order chi connectivity index (χ1) is 11.9. The van der Waals surface area contributed by atoms with Crippen LogP contribution >= 0.6 is 11.6 Å². The number of ether oxygens (including phenoxy) is 2. The maximum Gasteiger partial charge on any atom is 0.407 e. The number of aryl methyl sites for hydroxylation is 1. The molecule has 6 nitrogen and oxygen atoms in total. The summed E-state index contributed by atoms with van der Waals surface area (Å²) < 4.78 is 10.8. The highest BCUT2D eigenvalue weighted by Crippen LogP contribution is 2.35. The van der Waals surface area contributed by atoms with Gasteiger partial charge in [0.2, 0.25) is 5.91 Å². The molecule has 1 spiro atoms. The van der Waals surface area contributed by atoms with Crippen LogP contribution in [0.15, 0.2) is 18.2 Å². The van der Waals surface area contributed by atoms with Crippen LogP contribution < -0.4 is 5.32 Å². The Hall–Kier alpha value is -1.79. The van der Waals surface area contributed by atoms with Crippen molar-refractivity contribution in [3.8, 4) is 0 Å². The number of hydrogen-bond acceptors (Lipinski definition) is 4. The van der Waals surface area contributed by atoms with E-state index in [1.807, 2.05) is 25.1 Å². The van der Waals surface area contributed by atoms with E-state index in [4.69, 9.17) is 21.1 Å². The van der Waals surface area contributed by atoms with Gasteiger partial charge < -0.3 is 19.7 Å². The quantitative estimate of drug-likeness (QED) is 0.889. The van der Waals surface area contributed by atoms with Crippen molar-refractivity contribution in [1.82, 2.24) is 10.2 Å². The molecule has 1 N–H and O–H groups in total. The number of likely N-dealkylation sites (tertiary alicyclic amines) is 1. The van der Waals surface area contributed by atoms with Gasteiger partial charge in [-0.3, -0.25) is 4.79 Å². The van der Waals surface area contributed by atoms with Gasteiger partial charge in [-0.15, -0.1) is 0 Å². The third-order valence-electron chi connectivity index (χ3n) is 5.30. The molecule has 7 heteroatoms. The van der Waals surface area contributed by atoms with Crippen molar-refractivity contribution in [2.45, 2.75) is 38.0 Å². The number of carbonyl (C=O) groups excluding carboxylic acids is 2. The Balaban J connectivity index is 1.20. The third kappa shape index (κ3) is 3.20. The predicted molar refractivity (Wildman–Crippen MR) is 91.3 cm³/mol. The van der Waals surface area contributed by atoms with Crippen LogP contribution in [-0.2, 0) is 20.9 Å². The van der Waals surface area contributed by atoms with Gasteiger partial charge in [0.25, 0.3) is 0 Å². The van der Waals surface area contributed by atoms with Crippen molar-refractivity contribution in [2.75, 3.05) is 19.7 Å². The van der Waals surface area contributed by atoms with E-state index in [9.17, 15) is 9.59 Å². The van der Waals surface area contributed by atoms with E-state index in [1.54, 1.807) is 4.90 Å². The number of halogens is 1. The average Bonchev–Trinajstić information content (AvgIpc) is 2.90. The van der Waals surface area contributed by atoms with E-state index in [2.05, 4.69) is 5.32 Å². The Kier molecular flexibility index (Phi) is 4.12. The summed E-state index contributed by atoms with van der Waals surface area (Å²) in [5.41, 5.74) is 1.79. The largest absolute Gasteiger partial charge is 0.447 e. The zero-order valence-corrected chi connectivity index (χ0v) is 14.8. The first-order valence-corrected chi connectivity index (χ1v) is 8.92. The summed E-state index contributed by atoms with van der Waals surface area (Å²) >= 11 is 6.02. The van der Waals surface area contributed by atoms with E-state index in [0.29, 0.717) is 26.3 Å². The van der Waals surface area contributed by atoms with Crippen molar-refractivity contribution in [3.05, 3.63) is 34.3 Å². The van der Waals surface area contributed by atoms with Gasteiger partial charge in [0.1, 0.15) is 12.1 Å². The van der Waals surface area contributed by atoms with E-state index >= 15 is 0 Å². The molecule has 134 valence electrons. The minimum absolute atomic E-state index is 0.0346. The first kappa shape index (κ1) is 16.7. The van der Waals surface area contributed by atoms with E-state index in [0.717, 1.165) is 29.0 Å².